The summed E-state index contributed by atoms with van der Waals surface area (Å²) in [5.41, 5.74) is 1.82. The number of nitrogens with zero attached hydrogens (tertiary/aromatic N) is 2. The summed E-state index contributed by atoms with van der Waals surface area (Å²) in [6, 6.07) is 12.9. The van der Waals surface area contributed by atoms with Crippen LogP contribution in [0.2, 0.25) is 0 Å². The third-order valence-corrected chi connectivity index (χ3v) is 4.76. The lowest BCUT2D eigenvalue weighted by atomic mass is 10.0. The fourth-order valence-electron chi connectivity index (χ4n) is 2.98. The Hall–Kier alpha value is -3.26. The van der Waals surface area contributed by atoms with Crippen molar-refractivity contribution in [2.45, 2.75) is 6.92 Å². The van der Waals surface area contributed by atoms with Gasteiger partial charge in [0.05, 0.1) is 23.2 Å². The molecule has 0 N–H and O–H groups in total. The molecular weight excluding hydrogens is 428 g/mol. The van der Waals surface area contributed by atoms with Crippen LogP contribution >= 0.6 is 15.9 Å². The van der Waals surface area contributed by atoms with Crippen molar-refractivity contribution >= 4 is 45.3 Å². The number of ether oxygens (including phenoxy) is 1. The topological polar surface area (TPSA) is 89.8 Å². The van der Waals surface area contributed by atoms with Crippen molar-refractivity contribution in [1.82, 2.24) is 0 Å². The number of nitro benzene ring substituents is 1. The zero-order valence-corrected chi connectivity index (χ0v) is 16.6. The van der Waals surface area contributed by atoms with Gasteiger partial charge in [-0.15, -0.1) is 0 Å². The second-order valence-electron chi connectivity index (χ2n) is 5.98. The SMILES string of the molecule is COC(=O)C1=C(C)N(c2ccc([N+](=O)[O-])cc2)C(=O)/C1=C\c1cccc(Br)c1. The van der Waals surface area contributed by atoms with E-state index in [1.807, 2.05) is 24.3 Å². The molecule has 1 heterocycles. The molecule has 1 amide bonds. The molecule has 0 aliphatic carbocycles. The van der Waals surface area contributed by atoms with Crippen molar-refractivity contribution in [3.63, 3.8) is 0 Å². The van der Waals surface area contributed by atoms with E-state index in [0.29, 0.717) is 11.4 Å². The normalized spacial score (nSPS) is 15.3. The number of rotatable bonds is 4. The Kier molecular flexibility index (Phi) is 5.41. The van der Waals surface area contributed by atoms with E-state index in [1.54, 1.807) is 13.0 Å². The van der Waals surface area contributed by atoms with Crippen molar-refractivity contribution in [1.29, 1.82) is 0 Å². The number of hydrogen-bond donors (Lipinski definition) is 0. The van der Waals surface area contributed by atoms with Crippen molar-refractivity contribution in [3.05, 3.63) is 85.5 Å². The first-order valence-electron chi connectivity index (χ1n) is 8.19. The number of hydrogen-bond acceptors (Lipinski definition) is 5. The van der Waals surface area contributed by atoms with Gasteiger partial charge in [0, 0.05) is 28.0 Å². The van der Waals surface area contributed by atoms with Gasteiger partial charge < -0.3 is 4.74 Å². The van der Waals surface area contributed by atoms with Gasteiger partial charge in [0.2, 0.25) is 0 Å². The maximum atomic E-state index is 13.1. The highest BCUT2D eigenvalue weighted by Gasteiger charge is 2.38. The summed E-state index contributed by atoms with van der Waals surface area (Å²) in [4.78, 5) is 37.2. The molecule has 7 nitrogen and oxygen atoms in total. The van der Waals surface area contributed by atoms with E-state index in [9.17, 15) is 19.7 Å². The molecule has 2 aromatic rings. The fourth-order valence-corrected chi connectivity index (χ4v) is 3.39. The molecule has 0 aromatic heterocycles. The number of halogens is 1. The van der Waals surface area contributed by atoms with Gasteiger partial charge in [0.25, 0.3) is 11.6 Å². The summed E-state index contributed by atoms with van der Waals surface area (Å²) in [6.45, 7) is 1.63. The minimum absolute atomic E-state index is 0.0879. The average Bonchev–Trinajstić information content (AvgIpc) is 2.91. The van der Waals surface area contributed by atoms with Gasteiger partial charge in [-0.3, -0.25) is 19.8 Å². The zero-order chi connectivity index (χ0) is 20.4. The number of benzene rings is 2. The van der Waals surface area contributed by atoms with Crippen LogP contribution in [0.3, 0.4) is 0 Å². The standard InChI is InChI=1S/C20H15BrN2O5/c1-12-18(20(25)28-2)17(11-13-4-3-5-14(21)10-13)19(24)22(12)15-6-8-16(9-7-15)23(26)27/h3-11H,1-2H3/b17-11-. The number of methoxy groups -OCH3 is 1. The molecule has 0 saturated carbocycles. The number of anilines is 1. The molecule has 0 spiro atoms. The Bertz CT molecular complexity index is 1040. The smallest absolute Gasteiger partial charge is 0.340 e. The van der Waals surface area contributed by atoms with Gasteiger partial charge in [0.1, 0.15) is 0 Å². The lowest BCUT2D eigenvalue weighted by Gasteiger charge is -2.17. The maximum absolute atomic E-state index is 13.1. The number of amides is 1. The fraction of sp³-hybridized carbons (Fsp3) is 0.100. The second kappa shape index (κ2) is 7.77. The van der Waals surface area contributed by atoms with Crippen LogP contribution in [0.5, 0.6) is 0 Å². The Morgan fingerprint density at radius 2 is 1.89 bits per heavy atom. The van der Waals surface area contributed by atoms with E-state index < -0.39 is 16.8 Å². The molecule has 1 aliphatic heterocycles. The number of esters is 1. The van der Waals surface area contributed by atoms with Crippen LogP contribution in [0.25, 0.3) is 6.08 Å². The highest BCUT2D eigenvalue weighted by molar-refractivity contribution is 9.10. The monoisotopic (exact) mass is 442 g/mol. The van der Waals surface area contributed by atoms with E-state index in [4.69, 9.17) is 4.74 Å². The quantitative estimate of drug-likeness (QED) is 0.305. The molecule has 0 atom stereocenters. The molecule has 0 saturated heterocycles. The summed E-state index contributed by atoms with van der Waals surface area (Å²) in [5.74, 6) is -1.04. The number of nitro groups is 1. The van der Waals surface area contributed by atoms with Gasteiger partial charge >= 0.3 is 5.97 Å². The molecule has 142 valence electrons. The first-order chi connectivity index (χ1) is 13.3. The third kappa shape index (κ3) is 3.59. The van der Waals surface area contributed by atoms with E-state index >= 15 is 0 Å². The molecule has 3 rings (SSSR count). The largest absolute Gasteiger partial charge is 0.465 e. The minimum Gasteiger partial charge on any atom is -0.465 e. The van der Waals surface area contributed by atoms with Crippen LogP contribution in [-0.4, -0.2) is 23.9 Å². The highest BCUT2D eigenvalue weighted by Crippen LogP contribution is 2.36. The Balaban J connectivity index is 2.11. The zero-order valence-electron chi connectivity index (χ0n) is 15.0. The molecule has 28 heavy (non-hydrogen) atoms. The Labute approximate surface area is 169 Å². The summed E-state index contributed by atoms with van der Waals surface area (Å²) in [6.07, 6.45) is 1.62. The van der Waals surface area contributed by atoms with E-state index in [-0.39, 0.29) is 16.8 Å². The van der Waals surface area contributed by atoms with Crippen molar-refractivity contribution in [2.24, 2.45) is 0 Å². The third-order valence-electron chi connectivity index (χ3n) is 4.27. The Morgan fingerprint density at radius 3 is 2.46 bits per heavy atom. The van der Waals surface area contributed by atoms with Crippen LogP contribution in [0.15, 0.2) is 69.8 Å². The molecule has 8 heteroatoms. The molecule has 0 fully saturated rings. The molecule has 1 aliphatic rings. The summed E-state index contributed by atoms with van der Waals surface area (Å²) >= 11 is 3.38. The van der Waals surface area contributed by atoms with Gasteiger partial charge in [0.15, 0.2) is 0 Å². The number of carbonyl (C=O) groups excluding carboxylic acids is 2. The van der Waals surface area contributed by atoms with Gasteiger partial charge in [-0.05, 0) is 42.8 Å². The lowest BCUT2D eigenvalue weighted by molar-refractivity contribution is -0.384. The van der Waals surface area contributed by atoms with E-state index in [0.717, 1.165) is 10.0 Å². The minimum atomic E-state index is -0.628. The van der Waals surface area contributed by atoms with Crippen LogP contribution in [0, 0.1) is 10.1 Å². The van der Waals surface area contributed by atoms with Crippen LogP contribution < -0.4 is 4.90 Å². The lowest BCUT2D eigenvalue weighted by Crippen LogP contribution is -2.24. The van der Waals surface area contributed by atoms with E-state index in [1.165, 1.54) is 36.3 Å². The second-order valence-corrected chi connectivity index (χ2v) is 6.89. The van der Waals surface area contributed by atoms with Crippen molar-refractivity contribution in [2.75, 3.05) is 12.0 Å². The number of carbonyl (C=O) groups is 2. The van der Waals surface area contributed by atoms with Crippen molar-refractivity contribution < 1.29 is 19.2 Å². The summed E-state index contributed by atoms with van der Waals surface area (Å²) in [5, 5.41) is 10.9. The van der Waals surface area contributed by atoms with Crippen LogP contribution in [0.1, 0.15) is 12.5 Å². The molecule has 0 bridgehead atoms. The predicted molar refractivity (Wildman–Crippen MR) is 107 cm³/mol. The predicted octanol–water partition coefficient (Wildman–Crippen LogP) is 4.23. The van der Waals surface area contributed by atoms with Crippen LogP contribution in [-0.2, 0) is 14.3 Å². The summed E-state index contributed by atoms with van der Waals surface area (Å²) in [7, 11) is 1.25. The van der Waals surface area contributed by atoms with Crippen molar-refractivity contribution in [3.8, 4) is 0 Å². The van der Waals surface area contributed by atoms with Gasteiger partial charge in [-0.1, -0.05) is 28.1 Å². The maximum Gasteiger partial charge on any atom is 0.340 e. The molecule has 0 radical (unpaired) electrons. The van der Waals surface area contributed by atoms with Crippen LogP contribution in [0.4, 0.5) is 11.4 Å². The first kappa shape index (κ1) is 19.5. The highest BCUT2D eigenvalue weighted by atomic mass is 79.9. The summed E-state index contributed by atoms with van der Waals surface area (Å²) < 4.78 is 5.70. The van der Waals surface area contributed by atoms with Gasteiger partial charge in [-0.2, -0.15) is 0 Å². The number of non-ortho nitro benzene ring substituents is 1. The average molecular weight is 443 g/mol. The van der Waals surface area contributed by atoms with E-state index in [2.05, 4.69) is 15.9 Å². The Morgan fingerprint density at radius 1 is 1.21 bits per heavy atom. The van der Waals surface area contributed by atoms with Gasteiger partial charge in [-0.25, -0.2) is 4.79 Å². The molecular formula is C20H15BrN2O5. The number of allylic oxidation sites excluding steroid dienone is 1. The molecule has 0 unspecified atom stereocenters. The first-order valence-corrected chi connectivity index (χ1v) is 8.98. The molecule has 2 aromatic carbocycles.